The summed E-state index contributed by atoms with van der Waals surface area (Å²) < 4.78 is 13.1. The lowest BCUT2D eigenvalue weighted by Crippen LogP contribution is -2.35. The van der Waals surface area contributed by atoms with Gasteiger partial charge in [0.2, 0.25) is 0 Å². The van der Waals surface area contributed by atoms with Gasteiger partial charge < -0.3 is 5.32 Å². The van der Waals surface area contributed by atoms with Gasteiger partial charge in [-0.1, -0.05) is 36.3 Å². The highest BCUT2D eigenvalue weighted by atomic mass is 19.1. The van der Waals surface area contributed by atoms with E-state index in [1.165, 1.54) is 29.3 Å². The Morgan fingerprint density at radius 1 is 1.31 bits per heavy atom. The molecule has 0 radical (unpaired) electrons. The summed E-state index contributed by atoms with van der Waals surface area (Å²) in [7, 11) is 0. The second-order valence-corrected chi connectivity index (χ2v) is 7.77. The summed E-state index contributed by atoms with van der Waals surface area (Å²) in [4.78, 5) is 23.8. The van der Waals surface area contributed by atoms with Gasteiger partial charge in [0.05, 0.1) is 6.54 Å². The van der Waals surface area contributed by atoms with Crippen LogP contribution in [-0.2, 0) is 4.79 Å². The van der Waals surface area contributed by atoms with Crippen molar-refractivity contribution in [1.29, 1.82) is 0 Å². The molecule has 5 nitrogen and oxygen atoms in total. The van der Waals surface area contributed by atoms with E-state index in [9.17, 15) is 14.0 Å². The zero-order valence-electron chi connectivity index (χ0n) is 17.4. The number of hydrogen-bond donors (Lipinski definition) is 2. The normalized spacial score (nSPS) is 18.8. The first-order valence-corrected chi connectivity index (χ1v) is 10.0. The lowest BCUT2D eigenvalue weighted by atomic mass is 9.80. The predicted molar refractivity (Wildman–Crippen MR) is 114 cm³/mol. The Hall–Kier alpha value is -2.76. The van der Waals surface area contributed by atoms with Gasteiger partial charge in [0.15, 0.2) is 0 Å². The van der Waals surface area contributed by atoms with Crippen molar-refractivity contribution >= 4 is 18.0 Å². The van der Waals surface area contributed by atoms with E-state index in [1.54, 1.807) is 6.21 Å². The van der Waals surface area contributed by atoms with E-state index in [1.807, 2.05) is 0 Å². The number of nitrogens with zero attached hydrogens (tertiary/aromatic N) is 1. The molecule has 2 unspecified atom stereocenters. The van der Waals surface area contributed by atoms with Crippen molar-refractivity contribution in [2.45, 2.75) is 46.5 Å². The third-order valence-electron chi connectivity index (χ3n) is 4.96. The first-order valence-electron chi connectivity index (χ1n) is 10.0. The van der Waals surface area contributed by atoms with Crippen molar-refractivity contribution in [2.24, 2.45) is 16.9 Å². The van der Waals surface area contributed by atoms with Gasteiger partial charge in [-0.25, -0.2) is 9.82 Å². The molecule has 2 amide bonds. The second kappa shape index (κ2) is 11.3. The fourth-order valence-electron chi connectivity index (χ4n) is 3.28. The molecule has 1 aromatic rings. The van der Waals surface area contributed by atoms with Gasteiger partial charge in [0.1, 0.15) is 5.82 Å². The van der Waals surface area contributed by atoms with Gasteiger partial charge in [-0.2, -0.15) is 5.10 Å². The number of amides is 2. The second-order valence-electron chi connectivity index (χ2n) is 7.77. The summed E-state index contributed by atoms with van der Waals surface area (Å²) >= 11 is 0. The van der Waals surface area contributed by atoms with Crippen LogP contribution in [0.25, 0.3) is 0 Å². The molecular formula is C23H30FN3O2. The van der Waals surface area contributed by atoms with E-state index >= 15 is 0 Å². The van der Waals surface area contributed by atoms with Gasteiger partial charge in [-0.3, -0.25) is 9.59 Å². The summed E-state index contributed by atoms with van der Waals surface area (Å²) in [5.74, 6) is -0.676. The maximum Gasteiger partial charge on any atom is 0.259 e. The number of allylic oxidation sites excluding steroid dienone is 4. The average Bonchev–Trinajstić information content (AvgIpc) is 2.67. The molecule has 2 rings (SSSR count). The minimum absolute atomic E-state index is 0.171. The van der Waals surface area contributed by atoms with E-state index in [-0.39, 0.29) is 18.0 Å². The first-order chi connectivity index (χ1) is 13.8. The maximum absolute atomic E-state index is 13.1. The van der Waals surface area contributed by atoms with Crippen LogP contribution in [0.15, 0.2) is 52.7 Å². The smallest absolute Gasteiger partial charge is 0.259 e. The number of hydrazone groups is 1. The van der Waals surface area contributed by atoms with Crippen molar-refractivity contribution in [1.82, 2.24) is 10.7 Å². The molecule has 0 aliphatic heterocycles. The van der Waals surface area contributed by atoms with Crippen molar-refractivity contribution in [3.8, 4) is 0 Å². The number of halogens is 1. The summed E-state index contributed by atoms with van der Waals surface area (Å²) in [5.41, 5.74) is 5.45. The van der Waals surface area contributed by atoms with Gasteiger partial charge in [-0.05, 0) is 63.6 Å². The highest BCUT2D eigenvalue weighted by molar-refractivity contribution is 5.96. The Kier molecular flexibility index (Phi) is 8.77. The van der Waals surface area contributed by atoms with Crippen LogP contribution in [0.4, 0.5) is 4.39 Å². The molecule has 29 heavy (non-hydrogen) atoms. The molecule has 1 aliphatic rings. The van der Waals surface area contributed by atoms with E-state index in [2.05, 4.69) is 48.8 Å². The molecule has 0 saturated carbocycles. The molecule has 0 heterocycles. The van der Waals surface area contributed by atoms with Crippen LogP contribution in [0.3, 0.4) is 0 Å². The first kappa shape index (κ1) is 22.5. The highest BCUT2D eigenvalue weighted by Gasteiger charge is 2.20. The molecule has 2 atom stereocenters. The Morgan fingerprint density at radius 3 is 2.79 bits per heavy atom. The Balaban J connectivity index is 1.73. The van der Waals surface area contributed by atoms with Crippen molar-refractivity contribution in [3.05, 3.63) is 58.9 Å². The van der Waals surface area contributed by atoms with Crippen LogP contribution in [0, 0.1) is 17.7 Å². The van der Waals surface area contributed by atoms with Crippen LogP contribution in [-0.4, -0.2) is 24.6 Å². The highest BCUT2D eigenvalue weighted by Crippen LogP contribution is 2.30. The monoisotopic (exact) mass is 399 g/mol. The molecule has 0 fully saturated rings. The van der Waals surface area contributed by atoms with Gasteiger partial charge in [0.25, 0.3) is 11.8 Å². The topological polar surface area (TPSA) is 70.6 Å². The fourth-order valence-corrected chi connectivity index (χ4v) is 3.28. The van der Waals surface area contributed by atoms with Gasteiger partial charge in [-0.15, -0.1) is 0 Å². The zero-order chi connectivity index (χ0) is 21.2. The Bertz CT molecular complexity index is 810. The van der Waals surface area contributed by atoms with Crippen LogP contribution in [0.2, 0.25) is 0 Å². The quantitative estimate of drug-likeness (QED) is 0.387. The summed E-state index contributed by atoms with van der Waals surface area (Å²) in [6.07, 6.45) is 10.5. The molecule has 0 bridgehead atoms. The Labute approximate surface area is 172 Å². The lowest BCUT2D eigenvalue weighted by Gasteiger charge is -2.25. The molecule has 0 spiro atoms. The molecule has 6 heteroatoms. The number of carbonyl (C=O) groups is 2. The third-order valence-corrected chi connectivity index (χ3v) is 4.96. The van der Waals surface area contributed by atoms with Gasteiger partial charge >= 0.3 is 0 Å². The molecule has 1 aromatic carbocycles. The van der Waals surface area contributed by atoms with E-state index in [0.717, 1.165) is 31.7 Å². The predicted octanol–water partition coefficient (Wildman–Crippen LogP) is 4.38. The lowest BCUT2D eigenvalue weighted by molar-refractivity contribution is -0.120. The maximum atomic E-state index is 13.1. The molecule has 156 valence electrons. The summed E-state index contributed by atoms with van der Waals surface area (Å²) in [6, 6.07) is 5.31. The van der Waals surface area contributed by atoms with Crippen LogP contribution < -0.4 is 10.7 Å². The van der Waals surface area contributed by atoms with Crippen molar-refractivity contribution < 1.29 is 14.0 Å². The van der Waals surface area contributed by atoms with E-state index in [0.29, 0.717) is 5.92 Å². The van der Waals surface area contributed by atoms with Crippen LogP contribution >= 0.6 is 0 Å². The number of rotatable bonds is 8. The van der Waals surface area contributed by atoms with Crippen molar-refractivity contribution in [3.63, 3.8) is 0 Å². The molecule has 2 N–H and O–H groups in total. The van der Waals surface area contributed by atoms with E-state index in [4.69, 9.17) is 0 Å². The van der Waals surface area contributed by atoms with Crippen LogP contribution in [0.1, 0.15) is 56.8 Å². The summed E-state index contributed by atoms with van der Waals surface area (Å²) in [6.45, 7) is 6.21. The number of benzene rings is 1. The van der Waals surface area contributed by atoms with E-state index < -0.39 is 17.6 Å². The zero-order valence-corrected chi connectivity index (χ0v) is 17.4. The SMILES string of the molecule is CC(C)=CCCC1=CCC(/C=N/NC(=O)CNC(=O)c2cccc(F)c2)C(C)C1. The largest absolute Gasteiger partial charge is 0.343 e. The number of carbonyl (C=O) groups excluding carboxylic acids is 2. The van der Waals surface area contributed by atoms with Crippen LogP contribution in [0.5, 0.6) is 0 Å². The minimum Gasteiger partial charge on any atom is -0.343 e. The fraction of sp³-hybridized carbons (Fsp3) is 0.435. The standard InChI is InChI=1S/C23H30FN3O2/c1-16(2)6-4-7-18-10-11-20(17(3)12-18)14-26-27-22(28)15-25-23(29)19-8-5-9-21(24)13-19/h5-6,8-10,13-14,17,20H,4,7,11-12,15H2,1-3H3,(H,25,29)(H,27,28)/b26-14+. The van der Waals surface area contributed by atoms with Gasteiger partial charge in [0, 0.05) is 17.7 Å². The third kappa shape index (κ3) is 8.02. The summed E-state index contributed by atoms with van der Waals surface area (Å²) in [5, 5.41) is 6.50. The molecule has 0 saturated heterocycles. The van der Waals surface area contributed by atoms with Crippen molar-refractivity contribution in [2.75, 3.05) is 6.54 Å². The number of hydrogen-bond acceptors (Lipinski definition) is 3. The average molecular weight is 400 g/mol. The molecule has 1 aliphatic carbocycles. The Morgan fingerprint density at radius 2 is 2.10 bits per heavy atom. The molecule has 0 aromatic heterocycles. The molecular weight excluding hydrogens is 369 g/mol. The number of nitrogens with one attached hydrogen (secondary N) is 2. The minimum atomic E-state index is -0.504.